The van der Waals surface area contributed by atoms with E-state index in [1.807, 2.05) is 18.2 Å². The third-order valence-electron chi connectivity index (χ3n) is 4.29. The lowest BCUT2D eigenvalue weighted by Crippen LogP contribution is -2.53. The maximum atomic E-state index is 13.0. The summed E-state index contributed by atoms with van der Waals surface area (Å²) >= 11 is 0. The summed E-state index contributed by atoms with van der Waals surface area (Å²) in [6.45, 7) is 0.770. The van der Waals surface area contributed by atoms with Crippen LogP contribution in [-0.4, -0.2) is 62.6 Å². The largest absolute Gasteiger partial charge is 0.476 e. The van der Waals surface area contributed by atoms with Crippen LogP contribution in [0, 0.1) is 0 Å². The molecule has 2 amide bonds. The average molecular weight is 342 g/mol. The molecule has 0 radical (unpaired) electrons. The van der Waals surface area contributed by atoms with Gasteiger partial charge in [-0.1, -0.05) is 30.3 Å². The molecule has 1 aromatic heterocycles. The third kappa shape index (κ3) is 2.98. The van der Waals surface area contributed by atoms with Crippen molar-refractivity contribution < 1.29 is 19.5 Å². The number of hydrogen-bond acceptors (Lipinski definition) is 4. The van der Waals surface area contributed by atoms with E-state index in [9.17, 15) is 14.4 Å². The quantitative estimate of drug-likeness (QED) is 0.889. The maximum absolute atomic E-state index is 13.0. The summed E-state index contributed by atoms with van der Waals surface area (Å²) in [6.07, 6.45) is 0. The Morgan fingerprint density at radius 3 is 2.44 bits per heavy atom. The Morgan fingerprint density at radius 1 is 1.16 bits per heavy atom. The predicted molar refractivity (Wildman–Crippen MR) is 88.0 cm³/mol. The van der Waals surface area contributed by atoms with Gasteiger partial charge in [0.05, 0.1) is 0 Å². The SMILES string of the molecule is CN1CCN(C(=O)c2cc(C(=O)O)nn2C)C(c2ccccc2)C1=O. The zero-order valence-electron chi connectivity index (χ0n) is 13.9. The van der Waals surface area contributed by atoms with E-state index in [-0.39, 0.29) is 17.3 Å². The molecule has 3 rings (SSSR count). The minimum absolute atomic E-state index is 0.135. The molecule has 1 atom stereocenters. The van der Waals surface area contributed by atoms with Crippen molar-refractivity contribution in [3.05, 3.63) is 53.3 Å². The number of carboxylic acids is 1. The molecule has 25 heavy (non-hydrogen) atoms. The number of amides is 2. The van der Waals surface area contributed by atoms with E-state index < -0.39 is 17.9 Å². The van der Waals surface area contributed by atoms with Gasteiger partial charge in [0.25, 0.3) is 5.91 Å². The van der Waals surface area contributed by atoms with Gasteiger partial charge in [-0.05, 0) is 5.56 Å². The van der Waals surface area contributed by atoms with Crippen molar-refractivity contribution in [1.29, 1.82) is 0 Å². The Bertz CT molecular complexity index is 830. The molecule has 0 bridgehead atoms. The molecule has 1 aliphatic heterocycles. The zero-order valence-corrected chi connectivity index (χ0v) is 13.9. The molecule has 1 unspecified atom stereocenters. The molecule has 130 valence electrons. The van der Waals surface area contributed by atoms with Crippen LogP contribution in [0.3, 0.4) is 0 Å². The molecule has 0 aliphatic carbocycles. The molecule has 0 saturated carbocycles. The topological polar surface area (TPSA) is 95.7 Å². The van der Waals surface area contributed by atoms with Gasteiger partial charge in [0.2, 0.25) is 5.91 Å². The Hall–Kier alpha value is -3.16. The van der Waals surface area contributed by atoms with E-state index in [1.165, 1.54) is 22.7 Å². The fourth-order valence-corrected chi connectivity index (χ4v) is 2.93. The number of likely N-dealkylation sites (N-methyl/N-ethyl adjacent to an activating group) is 1. The summed E-state index contributed by atoms with van der Waals surface area (Å²) in [5, 5.41) is 12.9. The van der Waals surface area contributed by atoms with Crippen LogP contribution >= 0.6 is 0 Å². The van der Waals surface area contributed by atoms with Crippen molar-refractivity contribution in [3.8, 4) is 0 Å². The van der Waals surface area contributed by atoms with Crippen LogP contribution in [0.1, 0.15) is 32.6 Å². The van der Waals surface area contributed by atoms with Gasteiger partial charge in [0, 0.05) is 33.3 Å². The lowest BCUT2D eigenvalue weighted by molar-refractivity contribution is -0.138. The van der Waals surface area contributed by atoms with Crippen LogP contribution in [0.2, 0.25) is 0 Å². The highest BCUT2D eigenvalue weighted by atomic mass is 16.4. The van der Waals surface area contributed by atoms with E-state index >= 15 is 0 Å². The Labute approximate surface area is 144 Å². The number of benzene rings is 1. The first-order valence-electron chi connectivity index (χ1n) is 7.78. The van der Waals surface area contributed by atoms with Gasteiger partial charge >= 0.3 is 5.97 Å². The summed E-state index contributed by atoms with van der Waals surface area (Å²) in [5.41, 5.74) is 0.645. The number of carbonyl (C=O) groups excluding carboxylic acids is 2. The standard InChI is InChI=1S/C17H18N4O4/c1-19-8-9-21(14(16(19)23)11-6-4-3-5-7-11)15(22)13-10-12(17(24)25)18-20(13)2/h3-7,10,14H,8-9H2,1-2H3,(H,24,25). The average Bonchev–Trinajstić information content (AvgIpc) is 2.99. The smallest absolute Gasteiger partial charge is 0.356 e. The van der Waals surface area contributed by atoms with Crippen molar-refractivity contribution in [3.63, 3.8) is 0 Å². The second-order valence-corrected chi connectivity index (χ2v) is 5.92. The number of aryl methyl sites for hydroxylation is 1. The van der Waals surface area contributed by atoms with E-state index in [4.69, 9.17) is 5.11 Å². The summed E-state index contributed by atoms with van der Waals surface area (Å²) < 4.78 is 1.23. The highest BCUT2D eigenvalue weighted by Crippen LogP contribution is 2.27. The highest BCUT2D eigenvalue weighted by Gasteiger charge is 2.38. The van der Waals surface area contributed by atoms with E-state index in [1.54, 1.807) is 24.1 Å². The number of aromatic nitrogens is 2. The van der Waals surface area contributed by atoms with Gasteiger partial charge in [-0.25, -0.2) is 4.79 Å². The minimum atomic E-state index is -1.20. The monoisotopic (exact) mass is 342 g/mol. The first kappa shape index (κ1) is 16.7. The van der Waals surface area contributed by atoms with Crippen LogP contribution < -0.4 is 0 Å². The van der Waals surface area contributed by atoms with Gasteiger partial charge in [-0.15, -0.1) is 0 Å². The molecule has 0 spiro atoms. The second kappa shape index (κ2) is 6.39. The molecule has 1 N–H and O–H groups in total. The Morgan fingerprint density at radius 2 is 1.84 bits per heavy atom. The molecule has 2 heterocycles. The highest BCUT2D eigenvalue weighted by molar-refractivity contribution is 5.99. The summed E-state index contributed by atoms with van der Waals surface area (Å²) in [7, 11) is 3.21. The van der Waals surface area contributed by atoms with Crippen molar-refractivity contribution >= 4 is 17.8 Å². The molecule has 1 aliphatic rings. The van der Waals surface area contributed by atoms with Crippen molar-refractivity contribution in [2.75, 3.05) is 20.1 Å². The van der Waals surface area contributed by atoms with Crippen LogP contribution in [0.15, 0.2) is 36.4 Å². The van der Waals surface area contributed by atoms with Crippen molar-refractivity contribution in [2.45, 2.75) is 6.04 Å². The molecular weight excluding hydrogens is 324 g/mol. The van der Waals surface area contributed by atoms with Crippen LogP contribution in [0.25, 0.3) is 0 Å². The normalized spacial score (nSPS) is 17.7. The fourth-order valence-electron chi connectivity index (χ4n) is 2.93. The van der Waals surface area contributed by atoms with Crippen LogP contribution in [0.4, 0.5) is 0 Å². The van der Waals surface area contributed by atoms with Gasteiger partial charge < -0.3 is 14.9 Å². The van der Waals surface area contributed by atoms with Gasteiger partial charge in [-0.3, -0.25) is 14.3 Å². The van der Waals surface area contributed by atoms with Crippen molar-refractivity contribution in [2.24, 2.45) is 7.05 Å². The van der Waals surface area contributed by atoms with Gasteiger partial charge in [0.15, 0.2) is 5.69 Å². The number of aromatic carboxylic acids is 1. The van der Waals surface area contributed by atoms with Crippen LogP contribution in [-0.2, 0) is 11.8 Å². The first-order chi connectivity index (χ1) is 11.9. The number of nitrogens with zero attached hydrogens (tertiary/aromatic N) is 4. The minimum Gasteiger partial charge on any atom is -0.476 e. The van der Waals surface area contributed by atoms with E-state index in [0.717, 1.165) is 0 Å². The third-order valence-corrected chi connectivity index (χ3v) is 4.29. The molecule has 8 heteroatoms. The Balaban J connectivity index is 2.00. The molecule has 2 aromatic rings. The van der Waals surface area contributed by atoms with Gasteiger partial charge in [0.1, 0.15) is 11.7 Å². The lowest BCUT2D eigenvalue weighted by atomic mass is 10.0. The van der Waals surface area contributed by atoms with Crippen LogP contribution in [0.5, 0.6) is 0 Å². The number of carbonyl (C=O) groups is 3. The molecule has 1 saturated heterocycles. The van der Waals surface area contributed by atoms with Gasteiger partial charge in [-0.2, -0.15) is 5.10 Å². The van der Waals surface area contributed by atoms with E-state index in [2.05, 4.69) is 5.10 Å². The Kier molecular flexibility index (Phi) is 4.26. The summed E-state index contributed by atoms with van der Waals surface area (Å²) in [5.74, 6) is -1.80. The van der Waals surface area contributed by atoms with Crippen molar-refractivity contribution in [1.82, 2.24) is 19.6 Å². The number of hydrogen-bond donors (Lipinski definition) is 1. The maximum Gasteiger partial charge on any atom is 0.356 e. The molecule has 1 fully saturated rings. The number of carboxylic acid groups (broad SMARTS) is 1. The first-order valence-corrected chi connectivity index (χ1v) is 7.78. The fraction of sp³-hybridized carbons (Fsp3) is 0.294. The zero-order chi connectivity index (χ0) is 18.1. The predicted octanol–water partition coefficient (Wildman–Crippen LogP) is 0.774. The molecule has 8 nitrogen and oxygen atoms in total. The molecular formula is C17H18N4O4. The molecule has 1 aromatic carbocycles. The van der Waals surface area contributed by atoms with E-state index in [0.29, 0.717) is 18.7 Å². The second-order valence-electron chi connectivity index (χ2n) is 5.92. The number of rotatable bonds is 3. The summed E-state index contributed by atoms with van der Waals surface area (Å²) in [6, 6.07) is 9.55. The number of piperazine rings is 1. The lowest BCUT2D eigenvalue weighted by Gasteiger charge is -2.39. The summed E-state index contributed by atoms with van der Waals surface area (Å²) in [4.78, 5) is 39.8.